The van der Waals surface area contributed by atoms with Gasteiger partial charge in [-0.1, -0.05) is 24.3 Å². The van der Waals surface area contributed by atoms with Gasteiger partial charge in [-0.05, 0) is 74.2 Å². The molecule has 2 aromatic heterocycles. The van der Waals surface area contributed by atoms with Crippen molar-refractivity contribution in [3.63, 3.8) is 0 Å². The molecule has 4 aromatic rings. The average molecular weight is 522 g/mol. The zero-order chi connectivity index (χ0) is 27.0. The Bertz CT molecular complexity index is 1630. The summed E-state index contributed by atoms with van der Waals surface area (Å²) in [6.45, 7) is 4.37. The minimum Gasteiger partial charge on any atom is -0.490 e. The number of nitrogens with one attached hydrogen (secondary N) is 1. The number of ether oxygens (including phenoxy) is 1. The van der Waals surface area contributed by atoms with Gasteiger partial charge >= 0.3 is 0 Å². The first-order chi connectivity index (χ1) is 18.9. The largest absolute Gasteiger partial charge is 0.490 e. The van der Waals surface area contributed by atoms with Crippen LogP contribution < -0.4 is 15.6 Å². The van der Waals surface area contributed by atoms with Crippen molar-refractivity contribution in [2.24, 2.45) is 5.92 Å². The maximum absolute atomic E-state index is 16.3. The number of nitrogens with zero attached hydrogens (tertiary/aromatic N) is 4. The summed E-state index contributed by atoms with van der Waals surface area (Å²) in [6.07, 6.45) is 5.58. The molecule has 2 aromatic carbocycles. The summed E-state index contributed by atoms with van der Waals surface area (Å²) in [5, 5.41) is 12.7. The van der Waals surface area contributed by atoms with E-state index >= 15 is 4.39 Å². The lowest BCUT2D eigenvalue weighted by atomic mass is 9.97. The van der Waals surface area contributed by atoms with Gasteiger partial charge in [0.15, 0.2) is 17.2 Å². The van der Waals surface area contributed by atoms with Crippen molar-refractivity contribution >= 4 is 0 Å². The number of piperidine rings is 1. The molecule has 7 nitrogen and oxygen atoms in total. The van der Waals surface area contributed by atoms with Crippen LogP contribution in [0, 0.1) is 17.2 Å². The molecule has 1 saturated heterocycles. The quantitative estimate of drug-likeness (QED) is 0.391. The van der Waals surface area contributed by atoms with Crippen molar-refractivity contribution in [1.29, 1.82) is 5.26 Å². The number of alkyl halides is 1. The molecule has 0 bridgehead atoms. The van der Waals surface area contributed by atoms with E-state index in [1.807, 2.05) is 24.3 Å². The van der Waals surface area contributed by atoms with Crippen molar-refractivity contribution in [1.82, 2.24) is 19.9 Å². The third-order valence-corrected chi connectivity index (χ3v) is 7.67. The highest BCUT2D eigenvalue weighted by molar-refractivity contribution is 5.79. The number of halogens is 1. The molecule has 3 heterocycles. The highest BCUT2D eigenvalue weighted by atomic mass is 19.1. The van der Waals surface area contributed by atoms with E-state index in [-0.39, 0.29) is 12.1 Å². The molecule has 6 rings (SSSR count). The van der Waals surface area contributed by atoms with Crippen LogP contribution in [-0.2, 0) is 12.2 Å². The Labute approximate surface area is 225 Å². The van der Waals surface area contributed by atoms with E-state index in [0.29, 0.717) is 52.0 Å². The molecule has 1 aliphatic heterocycles. The Hall–Kier alpha value is -4.35. The van der Waals surface area contributed by atoms with Gasteiger partial charge in [0.05, 0.1) is 42.9 Å². The molecular weight excluding hydrogens is 493 g/mol. The molecule has 1 atom stereocenters. The molecule has 2 aliphatic rings. The summed E-state index contributed by atoms with van der Waals surface area (Å²) in [7, 11) is 0. The van der Waals surface area contributed by atoms with Gasteiger partial charge < -0.3 is 14.6 Å². The first kappa shape index (κ1) is 25.0. The number of fused-ring (bicyclic) bond motifs is 3. The van der Waals surface area contributed by atoms with E-state index in [4.69, 9.17) is 4.74 Å². The Kier molecular flexibility index (Phi) is 6.45. The monoisotopic (exact) mass is 521 g/mol. The second-order valence-corrected chi connectivity index (χ2v) is 10.3. The van der Waals surface area contributed by atoms with E-state index in [1.165, 1.54) is 17.6 Å². The van der Waals surface area contributed by atoms with Gasteiger partial charge in [0.25, 0.3) is 5.56 Å². The lowest BCUT2D eigenvalue weighted by molar-refractivity contribution is 0.214. The molecule has 8 heteroatoms. The van der Waals surface area contributed by atoms with E-state index in [2.05, 4.69) is 21.4 Å². The van der Waals surface area contributed by atoms with Gasteiger partial charge in [0.1, 0.15) is 0 Å². The van der Waals surface area contributed by atoms with E-state index in [1.54, 1.807) is 36.7 Å². The number of nitriles is 1. The number of aromatic nitrogens is 3. The van der Waals surface area contributed by atoms with Crippen molar-refractivity contribution in [2.45, 2.75) is 32.0 Å². The smallest absolute Gasteiger partial charge is 0.251 e. The first-order valence-electron chi connectivity index (χ1n) is 13.2. The number of pyridine rings is 1. The van der Waals surface area contributed by atoms with Crippen LogP contribution in [0.15, 0.2) is 71.8 Å². The number of rotatable bonds is 6. The second kappa shape index (κ2) is 10.1. The highest BCUT2D eigenvalue weighted by Crippen LogP contribution is 2.49. The number of hydrogen-bond acceptors (Lipinski definition) is 6. The van der Waals surface area contributed by atoms with Gasteiger partial charge in [0, 0.05) is 22.8 Å². The summed E-state index contributed by atoms with van der Waals surface area (Å²) in [6, 6.07) is 17.8. The Morgan fingerprint density at radius 1 is 1.10 bits per heavy atom. The average Bonchev–Trinajstić information content (AvgIpc) is 3.20. The predicted octanol–water partition coefficient (Wildman–Crippen LogP) is 4.82. The van der Waals surface area contributed by atoms with Crippen molar-refractivity contribution in [3.05, 3.63) is 99.7 Å². The van der Waals surface area contributed by atoms with Crippen LogP contribution in [0.3, 0.4) is 0 Å². The van der Waals surface area contributed by atoms with Crippen LogP contribution in [-0.4, -0.2) is 34.2 Å². The van der Waals surface area contributed by atoms with Gasteiger partial charge in [-0.2, -0.15) is 5.26 Å². The molecule has 0 saturated carbocycles. The van der Waals surface area contributed by atoms with Gasteiger partial charge in [-0.3, -0.25) is 4.79 Å². The van der Waals surface area contributed by atoms with Gasteiger partial charge in [0.2, 0.25) is 0 Å². The number of benzene rings is 2. The van der Waals surface area contributed by atoms with Gasteiger partial charge in [-0.15, -0.1) is 0 Å². The summed E-state index contributed by atoms with van der Waals surface area (Å²) in [5.41, 5.74) is 1.94. The summed E-state index contributed by atoms with van der Waals surface area (Å²) in [4.78, 5) is 22.0. The van der Waals surface area contributed by atoms with E-state index in [0.717, 1.165) is 37.1 Å². The Morgan fingerprint density at radius 3 is 2.67 bits per heavy atom. The third-order valence-electron chi connectivity index (χ3n) is 7.67. The van der Waals surface area contributed by atoms with Crippen LogP contribution >= 0.6 is 0 Å². The fraction of sp³-hybridized carbons (Fsp3) is 0.290. The fourth-order valence-corrected chi connectivity index (χ4v) is 5.63. The molecule has 1 fully saturated rings. The molecule has 196 valence electrons. The summed E-state index contributed by atoms with van der Waals surface area (Å²) >= 11 is 0. The van der Waals surface area contributed by atoms with Crippen LogP contribution in [0.5, 0.6) is 5.75 Å². The molecule has 1 unspecified atom stereocenters. The van der Waals surface area contributed by atoms with E-state index < -0.39 is 5.67 Å². The molecule has 1 aliphatic carbocycles. The zero-order valence-corrected chi connectivity index (χ0v) is 21.7. The summed E-state index contributed by atoms with van der Waals surface area (Å²) in [5.74, 6) is 1.72. The lowest BCUT2D eigenvalue weighted by Gasteiger charge is -2.22. The van der Waals surface area contributed by atoms with Crippen LogP contribution in [0.4, 0.5) is 4.39 Å². The molecular formula is C31H28FN5O2. The normalized spacial score (nSPS) is 18.3. The summed E-state index contributed by atoms with van der Waals surface area (Å²) < 4.78 is 23.7. The Balaban J connectivity index is 1.26. The molecule has 1 N–H and O–H groups in total. The van der Waals surface area contributed by atoms with Crippen molar-refractivity contribution in [2.75, 3.05) is 19.7 Å². The predicted molar refractivity (Wildman–Crippen MR) is 146 cm³/mol. The first-order valence-corrected chi connectivity index (χ1v) is 13.2. The standard InChI is InChI=1S/C31H28FN5O2/c1-31(32)27-7-5-21(15-33)14-26(27)25-6-8-28(38)37(29(25)31)18-22-3-2-4-23(13-22)30-35-16-24(17-36-30)39-19-20-9-11-34-12-10-20/h2-8,13-14,16-17,20,34H,9-12,18-19H2,1H3. The Morgan fingerprint density at radius 2 is 1.90 bits per heavy atom. The minimum absolute atomic E-state index is 0.186. The highest BCUT2D eigenvalue weighted by Gasteiger charge is 2.42. The zero-order valence-electron chi connectivity index (χ0n) is 21.7. The molecule has 0 radical (unpaired) electrons. The lowest BCUT2D eigenvalue weighted by Crippen LogP contribution is -2.30. The minimum atomic E-state index is -1.87. The molecule has 0 amide bonds. The topological polar surface area (TPSA) is 92.8 Å². The van der Waals surface area contributed by atoms with Crippen LogP contribution in [0.1, 0.15) is 42.1 Å². The maximum atomic E-state index is 16.3. The third kappa shape index (κ3) is 4.70. The second-order valence-electron chi connectivity index (χ2n) is 10.3. The SMILES string of the molecule is CC1(F)c2ccc(C#N)cc2-c2ccc(=O)n(Cc3cccc(-c4ncc(OCC5CCNCC5)cn4)c3)c21. The van der Waals surface area contributed by atoms with E-state index in [9.17, 15) is 10.1 Å². The van der Waals surface area contributed by atoms with Crippen molar-refractivity contribution in [3.8, 4) is 34.3 Å². The van der Waals surface area contributed by atoms with Crippen LogP contribution in [0.2, 0.25) is 0 Å². The number of hydrogen-bond donors (Lipinski definition) is 1. The van der Waals surface area contributed by atoms with Crippen LogP contribution in [0.25, 0.3) is 22.5 Å². The molecule has 0 spiro atoms. The van der Waals surface area contributed by atoms with Crippen molar-refractivity contribution < 1.29 is 9.13 Å². The fourth-order valence-electron chi connectivity index (χ4n) is 5.63. The van der Waals surface area contributed by atoms with Gasteiger partial charge in [-0.25, -0.2) is 14.4 Å². The maximum Gasteiger partial charge on any atom is 0.251 e. The molecule has 39 heavy (non-hydrogen) atoms.